The summed E-state index contributed by atoms with van der Waals surface area (Å²) in [6.45, 7) is 1.94. The maximum Gasteiger partial charge on any atom is 0.344 e. The number of fused-ring (bicyclic) bond motifs is 1. The Bertz CT molecular complexity index is 1280. The largest absolute Gasteiger partial charge is 0.489 e. The van der Waals surface area contributed by atoms with Crippen LogP contribution in [-0.2, 0) is 18.0 Å². The molecule has 0 aliphatic heterocycles. The number of hydrogen-bond donors (Lipinski definition) is 1. The van der Waals surface area contributed by atoms with Gasteiger partial charge in [-0.05, 0) is 49.4 Å². The van der Waals surface area contributed by atoms with Gasteiger partial charge >= 0.3 is 5.97 Å². The topological polar surface area (TPSA) is 77.9 Å². The first kappa shape index (κ1) is 22.4. The fourth-order valence-corrected chi connectivity index (χ4v) is 3.37. The van der Waals surface area contributed by atoms with Gasteiger partial charge in [0.05, 0.1) is 11.2 Å². The van der Waals surface area contributed by atoms with Gasteiger partial charge in [-0.2, -0.15) is 0 Å². The van der Waals surface area contributed by atoms with Crippen LogP contribution in [0.15, 0.2) is 78.9 Å². The fourth-order valence-electron chi connectivity index (χ4n) is 3.18. The van der Waals surface area contributed by atoms with Gasteiger partial charge in [-0.1, -0.05) is 41.9 Å². The van der Waals surface area contributed by atoms with Gasteiger partial charge < -0.3 is 19.3 Å². The summed E-state index contributed by atoms with van der Waals surface area (Å²) < 4.78 is 17.3. The molecule has 6 nitrogen and oxygen atoms in total. The Kier molecular flexibility index (Phi) is 6.95. The normalized spacial score (nSPS) is 11.7. The van der Waals surface area contributed by atoms with E-state index in [9.17, 15) is 4.79 Å². The predicted octanol–water partition coefficient (Wildman–Crippen LogP) is 5.90. The van der Waals surface area contributed by atoms with Gasteiger partial charge in [-0.25, -0.2) is 9.78 Å². The molecular formula is C26H22ClNO5. The molecule has 3 aromatic carbocycles. The van der Waals surface area contributed by atoms with Crippen molar-refractivity contribution in [3.05, 3.63) is 95.1 Å². The van der Waals surface area contributed by atoms with Crippen LogP contribution in [0.2, 0.25) is 5.02 Å². The molecule has 0 saturated carbocycles. The third kappa shape index (κ3) is 5.93. The lowest BCUT2D eigenvalue weighted by Crippen LogP contribution is -2.23. The molecule has 0 bridgehead atoms. The molecule has 4 aromatic rings. The van der Waals surface area contributed by atoms with E-state index in [-0.39, 0.29) is 6.61 Å². The number of carboxylic acid groups (broad SMARTS) is 1. The van der Waals surface area contributed by atoms with Crippen LogP contribution in [0, 0.1) is 0 Å². The van der Waals surface area contributed by atoms with Gasteiger partial charge in [0, 0.05) is 22.0 Å². The second-order valence-corrected chi connectivity index (χ2v) is 7.83. The lowest BCUT2D eigenvalue weighted by molar-refractivity contribution is -0.144. The minimum Gasteiger partial charge on any atom is -0.489 e. The molecule has 0 amide bonds. The van der Waals surface area contributed by atoms with Gasteiger partial charge in [0.1, 0.15) is 30.5 Å². The number of aromatic nitrogens is 1. The summed E-state index contributed by atoms with van der Waals surface area (Å²) in [5.74, 6) is 0.590. The van der Waals surface area contributed by atoms with Crippen molar-refractivity contribution in [2.45, 2.75) is 26.2 Å². The van der Waals surface area contributed by atoms with Gasteiger partial charge in [-0.3, -0.25) is 0 Å². The SMILES string of the molecule is CC(Oc1ccc(Cl)cc1COc1cccc(OCc2ccc3ccccc3n2)c1)C(=O)O. The maximum atomic E-state index is 11.1. The van der Waals surface area contributed by atoms with E-state index in [1.54, 1.807) is 24.3 Å². The van der Waals surface area contributed by atoms with Gasteiger partial charge in [0.15, 0.2) is 6.10 Å². The molecule has 33 heavy (non-hydrogen) atoms. The Morgan fingerprint density at radius 1 is 0.939 bits per heavy atom. The number of ether oxygens (including phenoxy) is 3. The third-order valence-electron chi connectivity index (χ3n) is 4.92. The number of halogens is 1. The summed E-state index contributed by atoms with van der Waals surface area (Å²) in [6.07, 6.45) is -0.995. The highest BCUT2D eigenvalue weighted by atomic mass is 35.5. The van der Waals surface area contributed by atoms with Crippen LogP contribution >= 0.6 is 11.6 Å². The minimum atomic E-state index is -1.05. The summed E-state index contributed by atoms with van der Waals surface area (Å²) in [5.41, 5.74) is 2.39. The van der Waals surface area contributed by atoms with E-state index in [4.69, 9.17) is 30.9 Å². The first-order valence-corrected chi connectivity index (χ1v) is 10.7. The van der Waals surface area contributed by atoms with Crippen LogP contribution in [0.1, 0.15) is 18.2 Å². The zero-order valence-electron chi connectivity index (χ0n) is 17.9. The van der Waals surface area contributed by atoms with Crippen molar-refractivity contribution in [1.82, 2.24) is 4.98 Å². The molecular weight excluding hydrogens is 442 g/mol. The van der Waals surface area contributed by atoms with E-state index in [0.29, 0.717) is 34.4 Å². The number of rotatable bonds is 9. The Morgan fingerprint density at radius 2 is 1.70 bits per heavy atom. The number of carboxylic acids is 1. The Balaban J connectivity index is 1.41. The van der Waals surface area contributed by atoms with Crippen molar-refractivity contribution in [2.75, 3.05) is 0 Å². The third-order valence-corrected chi connectivity index (χ3v) is 5.15. The number of carbonyl (C=O) groups is 1. The molecule has 1 atom stereocenters. The maximum absolute atomic E-state index is 11.1. The number of nitrogens with zero attached hydrogens (tertiary/aromatic N) is 1. The molecule has 0 aliphatic carbocycles. The van der Waals surface area contributed by atoms with Crippen LogP contribution in [0.4, 0.5) is 0 Å². The fraction of sp³-hybridized carbons (Fsp3) is 0.154. The summed E-state index contributed by atoms with van der Waals surface area (Å²) in [4.78, 5) is 15.7. The second kappa shape index (κ2) is 10.2. The van der Waals surface area contributed by atoms with E-state index in [1.165, 1.54) is 6.92 Å². The first-order chi connectivity index (χ1) is 16.0. The lowest BCUT2D eigenvalue weighted by Gasteiger charge is -2.16. The molecule has 168 valence electrons. The molecule has 0 aliphatic rings. The predicted molar refractivity (Wildman–Crippen MR) is 126 cm³/mol. The van der Waals surface area contributed by atoms with Crippen LogP contribution in [0.25, 0.3) is 10.9 Å². The van der Waals surface area contributed by atoms with Crippen molar-refractivity contribution >= 4 is 28.5 Å². The van der Waals surface area contributed by atoms with Crippen molar-refractivity contribution in [3.63, 3.8) is 0 Å². The van der Waals surface area contributed by atoms with Crippen LogP contribution < -0.4 is 14.2 Å². The number of hydrogen-bond acceptors (Lipinski definition) is 5. The van der Waals surface area contributed by atoms with E-state index in [0.717, 1.165) is 16.6 Å². The van der Waals surface area contributed by atoms with Gasteiger partial charge in [-0.15, -0.1) is 0 Å². The summed E-state index contributed by atoms with van der Waals surface area (Å²) in [6, 6.07) is 24.1. The Labute approximate surface area is 196 Å². The van der Waals surface area contributed by atoms with Crippen LogP contribution in [0.3, 0.4) is 0 Å². The van der Waals surface area contributed by atoms with Crippen molar-refractivity contribution in [3.8, 4) is 17.2 Å². The molecule has 7 heteroatoms. The standard InChI is InChI=1S/C26H22ClNO5/c1-17(26(29)30)33-25-12-10-20(27)13-19(25)15-31-22-6-4-7-23(14-22)32-16-21-11-9-18-5-2-3-8-24(18)28-21/h2-14,17H,15-16H2,1H3,(H,29,30). The molecule has 4 rings (SSSR count). The number of pyridine rings is 1. The van der Waals surface area contributed by atoms with Crippen LogP contribution in [-0.4, -0.2) is 22.2 Å². The highest BCUT2D eigenvalue weighted by Crippen LogP contribution is 2.27. The smallest absolute Gasteiger partial charge is 0.344 e. The van der Waals surface area contributed by atoms with E-state index < -0.39 is 12.1 Å². The Hall–Kier alpha value is -3.77. The monoisotopic (exact) mass is 463 g/mol. The zero-order chi connectivity index (χ0) is 23.2. The van der Waals surface area contributed by atoms with Crippen LogP contribution in [0.5, 0.6) is 17.2 Å². The molecule has 0 fully saturated rings. The van der Waals surface area contributed by atoms with Gasteiger partial charge in [0.25, 0.3) is 0 Å². The van der Waals surface area contributed by atoms with E-state index in [2.05, 4.69) is 4.98 Å². The first-order valence-electron chi connectivity index (χ1n) is 10.4. The second-order valence-electron chi connectivity index (χ2n) is 7.40. The molecule has 0 radical (unpaired) electrons. The average Bonchev–Trinajstić information content (AvgIpc) is 2.83. The highest BCUT2D eigenvalue weighted by molar-refractivity contribution is 6.30. The molecule has 0 spiro atoms. The quantitative estimate of drug-likeness (QED) is 0.333. The summed E-state index contributed by atoms with van der Waals surface area (Å²) in [7, 11) is 0. The molecule has 1 N–H and O–H groups in total. The minimum absolute atomic E-state index is 0.151. The van der Waals surface area contributed by atoms with E-state index >= 15 is 0 Å². The molecule has 1 unspecified atom stereocenters. The lowest BCUT2D eigenvalue weighted by atomic mass is 10.2. The molecule has 0 saturated heterocycles. The number of benzene rings is 3. The molecule has 1 aromatic heterocycles. The van der Waals surface area contributed by atoms with E-state index in [1.807, 2.05) is 54.6 Å². The molecule has 1 heterocycles. The van der Waals surface area contributed by atoms with Crippen molar-refractivity contribution in [2.24, 2.45) is 0 Å². The number of aliphatic carboxylic acids is 1. The van der Waals surface area contributed by atoms with Crippen molar-refractivity contribution in [1.29, 1.82) is 0 Å². The van der Waals surface area contributed by atoms with Crippen molar-refractivity contribution < 1.29 is 24.1 Å². The highest BCUT2D eigenvalue weighted by Gasteiger charge is 2.15. The zero-order valence-corrected chi connectivity index (χ0v) is 18.7. The van der Waals surface area contributed by atoms with Gasteiger partial charge in [0.2, 0.25) is 0 Å². The summed E-state index contributed by atoms with van der Waals surface area (Å²) >= 11 is 6.11. The average molecular weight is 464 g/mol. The summed E-state index contributed by atoms with van der Waals surface area (Å²) in [5, 5.41) is 10.7. The Morgan fingerprint density at radius 3 is 2.48 bits per heavy atom. The number of para-hydroxylation sites is 1.